The van der Waals surface area contributed by atoms with E-state index in [0.29, 0.717) is 28.8 Å². The quantitative estimate of drug-likeness (QED) is 0.175. The zero-order chi connectivity index (χ0) is 32.9. The van der Waals surface area contributed by atoms with Crippen LogP contribution in [0.3, 0.4) is 0 Å². The lowest BCUT2D eigenvalue weighted by atomic mass is 9.96. The molecule has 0 unspecified atom stereocenters. The van der Waals surface area contributed by atoms with Crippen LogP contribution in [-0.2, 0) is 18.5 Å². The van der Waals surface area contributed by atoms with E-state index in [9.17, 15) is 39.5 Å². The first-order chi connectivity index (χ1) is 21.6. The second kappa shape index (κ2) is 11.3. The highest BCUT2D eigenvalue weighted by Crippen LogP contribution is 2.39. The maximum Gasteiger partial charge on any atom is 0.416 e. The minimum absolute atomic E-state index is 0.101. The summed E-state index contributed by atoms with van der Waals surface area (Å²) in [4.78, 5) is 4.57. The van der Waals surface area contributed by atoms with E-state index in [2.05, 4.69) is 4.98 Å². The van der Waals surface area contributed by atoms with Crippen molar-refractivity contribution in [1.29, 1.82) is 0 Å². The van der Waals surface area contributed by atoms with E-state index in [4.69, 9.17) is 0 Å². The smallest absolute Gasteiger partial charge is 0.256 e. The number of aromatic nitrogens is 1. The third kappa shape index (κ3) is 6.47. The van der Waals surface area contributed by atoms with Gasteiger partial charge >= 0.3 is 18.5 Å². The van der Waals surface area contributed by atoms with E-state index < -0.39 is 35.2 Å². The van der Waals surface area contributed by atoms with Gasteiger partial charge in [0, 0.05) is 17.1 Å². The number of alkyl halides is 9. The number of fused-ring (bicyclic) bond motifs is 1. The zero-order valence-electron chi connectivity index (χ0n) is 23.4. The molecule has 6 aromatic rings. The van der Waals surface area contributed by atoms with Gasteiger partial charge < -0.3 is 0 Å². The van der Waals surface area contributed by atoms with Crippen molar-refractivity contribution in [3.8, 4) is 44.5 Å². The molecular weight excluding hydrogens is 617 g/mol. The van der Waals surface area contributed by atoms with E-state index in [0.717, 1.165) is 39.8 Å². The molecule has 0 N–H and O–H groups in total. The fraction of sp³-hybridized carbons (Fsp3) is 0.0833. The van der Waals surface area contributed by atoms with Crippen molar-refractivity contribution in [2.24, 2.45) is 0 Å². The Bertz CT molecular complexity index is 1990. The summed E-state index contributed by atoms with van der Waals surface area (Å²) < 4.78 is 118. The van der Waals surface area contributed by atoms with Crippen LogP contribution in [0.15, 0.2) is 121 Å². The van der Waals surface area contributed by atoms with Gasteiger partial charge in [-0.15, -0.1) is 0 Å². The van der Waals surface area contributed by atoms with Crippen LogP contribution in [-0.4, -0.2) is 4.98 Å². The Morgan fingerprint density at radius 3 is 1.20 bits per heavy atom. The Balaban J connectivity index is 1.23. The maximum absolute atomic E-state index is 13.3. The third-order valence-electron chi connectivity index (χ3n) is 7.59. The van der Waals surface area contributed by atoms with Gasteiger partial charge in [-0.05, 0) is 81.4 Å². The minimum Gasteiger partial charge on any atom is -0.256 e. The van der Waals surface area contributed by atoms with Gasteiger partial charge in [-0.3, -0.25) is 4.98 Å². The molecule has 46 heavy (non-hydrogen) atoms. The van der Waals surface area contributed by atoms with E-state index >= 15 is 0 Å². The molecule has 0 spiro atoms. The van der Waals surface area contributed by atoms with E-state index in [1.165, 1.54) is 24.3 Å². The number of rotatable bonds is 4. The number of hydrogen-bond donors (Lipinski definition) is 0. The van der Waals surface area contributed by atoms with Gasteiger partial charge in [0.2, 0.25) is 0 Å². The van der Waals surface area contributed by atoms with Crippen LogP contribution >= 0.6 is 0 Å². The molecule has 0 amide bonds. The second-order valence-corrected chi connectivity index (χ2v) is 10.7. The summed E-state index contributed by atoms with van der Waals surface area (Å²) in [5.74, 6) is 0. The maximum atomic E-state index is 13.3. The Morgan fingerprint density at radius 1 is 0.326 bits per heavy atom. The lowest BCUT2D eigenvalue weighted by Crippen LogP contribution is -2.11. The lowest BCUT2D eigenvalue weighted by molar-refractivity contribution is -0.143. The molecule has 1 nitrogen and oxygen atoms in total. The fourth-order valence-corrected chi connectivity index (χ4v) is 5.14. The lowest BCUT2D eigenvalue weighted by Gasteiger charge is -2.14. The molecule has 0 aliphatic rings. The highest BCUT2D eigenvalue weighted by molar-refractivity contribution is 5.88. The van der Waals surface area contributed by atoms with Crippen LogP contribution in [0.25, 0.3) is 55.4 Å². The van der Waals surface area contributed by atoms with Crippen LogP contribution in [0.5, 0.6) is 0 Å². The SMILES string of the molecule is FC(F)(F)c1ccc(-c2ccc(-c3cnc4cc(-c5ccc(-c6cc(C(F)(F)F)cc(C(F)(F)F)c6)cc5)ccc4c3)cc2)cc1. The molecule has 1 heterocycles. The Kier molecular flexibility index (Phi) is 7.62. The third-order valence-corrected chi connectivity index (χ3v) is 7.59. The van der Waals surface area contributed by atoms with Gasteiger partial charge in [0.15, 0.2) is 0 Å². The van der Waals surface area contributed by atoms with Crippen LogP contribution in [0.1, 0.15) is 16.7 Å². The molecule has 0 bridgehead atoms. The van der Waals surface area contributed by atoms with Crippen LogP contribution in [0.2, 0.25) is 0 Å². The summed E-state index contributed by atoms with van der Waals surface area (Å²) in [7, 11) is 0. The van der Waals surface area contributed by atoms with Crippen LogP contribution < -0.4 is 0 Å². The largest absolute Gasteiger partial charge is 0.416 e. The fourth-order valence-electron chi connectivity index (χ4n) is 5.14. The second-order valence-electron chi connectivity index (χ2n) is 10.7. The van der Waals surface area contributed by atoms with Gasteiger partial charge in [-0.25, -0.2) is 0 Å². The molecule has 0 atom stereocenters. The summed E-state index contributed by atoms with van der Waals surface area (Å²) in [6.45, 7) is 0. The average molecular weight is 638 g/mol. The molecule has 0 aliphatic carbocycles. The van der Waals surface area contributed by atoms with E-state index in [1.54, 1.807) is 18.3 Å². The molecule has 0 aliphatic heterocycles. The van der Waals surface area contributed by atoms with Crippen LogP contribution in [0, 0.1) is 0 Å². The van der Waals surface area contributed by atoms with Gasteiger partial charge in [-0.2, -0.15) is 39.5 Å². The molecule has 0 radical (unpaired) electrons. The van der Waals surface area contributed by atoms with Crippen LogP contribution in [0.4, 0.5) is 39.5 Å². The van der Waals surface area contributed by atoms with Gasteiger partial charge in [0.05, 0.1) is 22.2 Å². The predicted octanol–water partition coefficient (Wildman–Crippen LogP) is 12.0. The molecule has 0 fully saturated rings. The van der Waals surface area contributed by atoms with Crippen molar-refractivity contribution >= 4 is 10.9 Å². The topological polar surface area (TPSA) is 12.9 Å². The monoisotopic (exact) mass is 637 g/mol. The molecule has 5 aromatic carbocycles. The summed E-state index contributed by atoms with van der Waals surface area (Å²) in [5, 5.41) is 0.827. The van der Waals surface area contributed by atoms with Crippen molar-refractivity contribution in [2.75, 3.05) is 0 Å². The standard InChI is InChI=1S/C36H20F9N/c37-34(38,39)30-13-11-22(12-14-30)21-1-7-25(8-2-21)29-15-27-10-9-26(18-33(27)46-20-29)23-3-5-24(6-4-23)28-16-31(35(40,41)42)19-32(17-28)36(43,44)45/h1-20H. The van der Waals surface area contributed by atoms with Crippen molar-refractivity contribution in [3.05, 3.63) is 138 Å². The first-order valence-corrected chi connectivity index (χ1v) is 13.7. The predicted molar refractivity (Wildman–Crippen MR) is 158 cm³/mol. The van der Waals surface area contributed by atoms with E-state index in [1.807, 2.05) is 48.5 Å². The summed E-state index contributed by atoms with van der Waals surface area (Å²) in [6.07, 6.45) is -12.6. The Hall–Kier alpha value is -5.12. The molecule has 0 saturated heterocycles. The summed E-state index contributed by atoms with van der Waals surface area (Å²) in [5.41, 5.74) is 1.73. The van der Waals surface area contributed by atoms with E-state index in [-0.39, 0.29) is 17.2 Å². The van der Waals surface area contributed by atoms with Crippen molar-refractivity contribution < 1.29 is 39.5 Å². The summed E-state index contributed by atoms with van der Waals surface area (Å²) in [6, 6.07) is 27.4. The molecule has 10 heteroatoms. The van der Waals surface area contributed by atoms with Crippen molar-refractivity contribution in [1.82, 2.24) is 4.98 Å². The first-order valence-electron chi connectivity index (χ1n) is 13.7. The number of hydrogen-bond acceptors (Lipinski definition) is 1. The molecule has 6 rings (SSSR count). The summed E-state index contributed by atoms with van der Waals surface area (Å²) >= 11 is 0. The molecule has 0 saturated carbocycles. The number of nitrogens with zero attached hydrogens (tertiary/aromatic N) is 1. The highest BCUT2D eigenvalue weighted by Gasteiger charge is 2.37. The average Bonchev–Trinajstić information content (AvgIpc) is 3.03. The molecular formula is C36H20F9N. The zero-order valence-corrected chi connectivity index (χ0v) is 23.4. The Morgan fingerprint density at radius 2 is 0.717 bits per heavy atom. The van der Waals surface area contributed by atoms with Gasteiger partial charge in [0.1, 0.15) is 0 Å². The van der Waals surface area contributed by atoms with Gasteiger partial charge in [-0.1, -0.05) is 72.8 Å². The van der Waals surface area contributed by atoms with Crippen molar-refractivity contribution in [3.63, 3.8) is 0 Å². The Labute approximate surface area is 256 Å². The number of halogens is 9. The highest BCUT2D eigenvalue weighted by atomic mass is 19.4. The minimum atomic E-state index is -4.94. The molecule has 1 aromatic heterocycles. The van der Waals surface area contributed by atoms with Gasteiger partial charge in [0.25, 0.3) is 0 Å². The first kappa shape index (κ1) is 30.9. The molecule has 232 valence electrons. The van der Waals surface area contributed by atoms with Crippen molar-refractivity contribution in [2.45, 2.75) is 18.5 Å². The number of benzene rings is 5. The number of pyridine rings is 1. The normalized spacial score (nSPS) is 12.5.